The number of nitrogens with two attached hydrogens (primary N) is 1. The minimum Gasteiger partial charge on any atom is -0.339 e. The Morgan fingerprint density at radius 3 is 2.47 bits per heavy atom. The quantitative estimate of drug-likeness (QED) is 0.910. The number of rotatable bonds is 3. The third-order valence-corrected chi connectivity index (χ3v) is 4.56. The van der Waals surface area contributed by atoms with Crippen molar-refractivity contribution in [2.75, 3.05) is 6.54 Å². The molecular formula is C15H17N3O. The van der Waals surface area contributed by atoms with Crippen LogP contribution in [0.15, 0.2) is 28.8 Å². The van der Waals surface area contributed by atoms with Gasteiger partial charge in [0.05, 0.1) is 5.41 Å². The molecule has 98 valence electrons. The standard InChI is InChI=1S/C15H17N3O/c16-9-15(5-6-15)14-17-13(18-19-14)12-7-10-3-1-2-4-11(10)8-12/h1-4,12H,5-9,16H2. The first-order chi connectivity index (χ1) is 9.31. The fraction of sp³-hybridized carbons (Fsp3) is 0.467. The van der Waals surface area contributed by atoms with Crippen molar-refractivity contribution in [3.63, 3.8) is 0 Å². The maximum atomic E-state index is 5.80. The molecule has 4 heteroatoms. The summed E-state index contributed by atoms with van der Waals surface area (Å²) in [6, 6.07) is 8.57. The van der Waals surface area contributed by atoms with Gasteiger partial charge >= 0.3 is 0 Å². The Hall–Kier alpha value is -1.68. The van der Waals surface area contributed by atoms with Gasteiger partial charge < -0.3 is 10.3 Å². The second-order valence-corrected chi connectivity index (χ2v) is 5.82. The molecule has 4 nitrogen and oxygen atoms in total. The van der Waals surface area contributed by atoms with Crippen LogP contribution >= 0.6 is 0 Å². The zero-order valence-corrected chi connectivity index (χ0v) is 10.8. The molecule has 0 aliphatic heterocycles. The highest BCUT2D eigenvalue weighted by atomic mass is 16.5. The van der Waals surface area contributed by atoms with Crippen LogP contribution < -0.4 is 5.73 Å². The maximum Gasteiger partial charge on any atom is 0.234 e. The molecule has 2 N–H and O–H groups in total. The van der Waals surface area contributed by atoms with Crippen molar-refractivity contribution in [1.82, 2.24) is 10.1 Å². The Labute approximate surface area is 112 Å². The third kappa shape index (κ3) is 1.70. The van der Waals surface area contributed by atoms with E-state index in [-0.39, 0.29) is 5.41 Å². The van der Waals surface area contributed by atoms with E-state index in [1.54, 1.807) is 0 Å². The van der Waals surface area contributed by atoms with Gasteiger partial charge in [0.25, 0.3) is 0 Å². The average Bonchev–Trinajstić information content (AvgIpc) is 2.90. The Morgan fingerprint density at radius 1 is 1.21 bits per heavy atom. The van der Waals surface area contributed by atoms with E-state index in [4.69, 9.17) is 10.3 Å². The number of fused-ring (bicyclic) bond motifs is 1. The summed E-state index contributed by atoms with van der Waals surface area (Å²) >= 11 is 0. The molecule has 1 aromatic carbocycles. The number of aromatic nitrogens is 2. The van der Waals surface area contributed by atoms with E-state index in [2.05, 4.69) is 34.4 Å². The molecule has 2 aromatic rings. The van der Waals surface area contributed by atoms with Gasteiger partial charge in [-0.1, -0.05) is 29.4 Å². The van der Waals surface area contributed by atoms with Crippen molar-refractivity contribution in [2.45, 2.75) is 37.0 Å². The summed E-state index contributed by atoms with van der Waals surface area (Å²) in [6.07, 6.45) is 4.20. The smallest absolute Gasteiger partial charge is 0.234 e. The van der Waals surface area contributed by atoms with E-state index in [0.29, 0.717) is 12.5 Å². The molecule has 1 aromatic heterocycles. The normalized spacial score (nSPS) is 20.5. The van der Waals surface area contributed by atoms with Gasteiger partial charge in [-0.25, -0.2) is 0 Å². The highest BCUT2D eigenvalue weighted by molar-refractivity contribution is 5.35. The van der Waals surface area contributed by atoms with Crippen LogP contribution in [-0.2, 0) is 18.3 Å². The first-order valence-electron chi connectivity index (χ1n) is 6.92. The Bertz CT molecular complexity index is 590. The molecule has 1 fully saturated rings. The predicted molar refractivity (Wildman–Crippen MR) is 70.9 cm³/mol. The predicted octanol–water partition coefficient (Wildman–Crippen LogP) is 1.94. The van der Waals surface area contributed by atoms with Crippen LogP contribution in [0.3, 0.4) is 0 Å². The van der Waals surface area contributed by atoms with Crippen molar-refractivity contribution in [1.29, 1.82) is 0 Å². The van der Waals surface area contributed by atoms with Gasteiger partial charge in [0.15, 0.2) is 5.82 Å². The Balaban J connectivity index is 1.59. The molecule has 4 rings (SSSR count). The lowest BCUT2D eigenvalue weighted by Crippen LogP contribution is -2.20. The molecule has 0 atom stereocenters. The molecule has 2 aliphatic rings. The molecule has 0 saturated heterocycles. The molecule has 1 saturated carbocycles. The van der Waals surface area contributed by atoms with Crippen molar-refractivity contribution in [3.05, 3.63) is 47.1 Å². The van der Waals surface area contributed by atoms with E-state index in [1.165, 1.54) is 11.1 Å². The summed E-state index contributed by atoms with van der Waals surface area (Å²) < 4.78 is 5.45. The van der Waals surface area contributed by atoms with E-state index in [1.807, 2.05) is 0 Å². The van der Waals surface area contributed by atoms with E-state index in [0.717, 1.165) is 37.4 Å². The molecule has 2 aliphatic carbocycles. The third-order valence-electron chi connectivity index (χ3n) is 4.56. The lowest BCUT2D eigenvalue weighted by atomic mass is 10.1. The SMILES string of the molecule is NCC1(c2nc(C3Cc4ccccc4C3)no2)CC1. The van der Waals surface area contributed by atoms with Gasteiger partial charge in [-0.3, -0.25) is 0 Å². The minimum atomic E-state index is -0.00327. The van der Waals surface area contributed by atoms with Crippen LogP contribution in [0.2, 0.25) is 0 Å². The van der Waals surface area contributed by atoms with Crippen LogP contribution in [0, 0.1) is 0 Å². The highest BCUT2D eigenvalue weighted by Crippen LogP contribution is 2.46. The summed E-state index contributed by atoms with van der Waals surface area (Å²) in [7, 11) is 0. The highest BCUT2D eigenvalue weighted by Gasteiger charge is 2.48. The summed E-state index contributed by atoms with van der Waals surface area (Å²) in [4.78, 5) is 4.62. The number of benzene rings is 1. The first kappa shape index (κ1) is 11.2. The molecular weight excluding hydrogens is 238 g/mol. The Kier molecular flexibility index (Phi) is 2.30. The van der Waals surface area contributed by atoms with Gasteiger partial charge in [0.2, 0.25) is 5.89 Å². The summed E-state index contributed by atoms with van der Waals surface area (Å²) in [5, 5.41) is 4.19. The van der Waals surface area contributed by atoms with Gasteiger partial charge in [-0.15, -0.1) is 0 Å². The number of hydrogen-bond acceptors (Lipinski definition) is 4. The molecule has 1 heterocycles. The second kappa shape index (κ2) is 3.90. The average molecular weight is 255 g/mol. The minimum absolute atomic E-state index is 0.00327. The molecule has 0 unspecified atom stereocenters. The zero-order valence-electron chi connectivity index (χ0n) is 10.8. The largest absolute Gasteiger partial charge is 0.339 e. The van der Waals surface area contributed by atoms with Crippen molar-refractivity contribution < 1.29 is 4.52 Å². The van der Waals surface area contributed by atoms with Gasteiger partial charge in [0.1, 0.15) is 0 Å². The summed E-state index contributed by atoms with van der Waals surface area (Å²) in [5.74, 6) is 1.97. The maximum absolute atomic E-state index is 5.80. The number of nitrogens with zero attached hydrogens (tertiary/aromatic N) is 2. The second-order valence-electron chi connectivity index (χ2n) is 5.82. The molecule has 19 heavy (non-hydrogen) atoms. The monoisotopic (exact) mass is 255 g/mol. The fourth-order valence-corrected chi connectivity index (χ4v) is 3.01. The first-order valence-corrected chi connectivity index (χ1v) is 6.92. The van der Waals surface area contributed by atoms with Crippen LogP contribution in [0.1, 0.15) is 41.6 Å². The van der Waals surface area contributed by atoms with Crippen LogP contribution in [0.25, 0.3) is 0 Å². The van der Waals surface area contributed by atoms with Gasteiger partial charge in [-0.05, 0) is 36.8 Å². The van der Waals surface area contributed by atoms with Crippen LogP contribution in [0.4, 0.5) is 0 Å². The molecule has 0 amide bonds. The topological polar surface area (TPSA) is 64.9 Å². The molecule has 0 bridgehead atoms. The van der Waals surface area contributed by atoms with E-state index in [9.17, 15) is 0 Å². The molecule has 0 spiro atoms. The lowest BCUT2D eigenvalue weighted by Gasteiger charge is -2.04. The lowest BCUT2D eigenvalue weighted by molar-refractivity contribution is 0.341. The summed E-state index contributed by atoms with van der Waals surface area (Å²) in [5.41, 5.74) is 8.63. The fourth-order valence-electron chi connectivity index (χ4n) is 3.01. The van der Waals surface area contributed by atoms with Crippen molar-refractivity contribution >= 4 is 0 Å². The summed E-state index contributed by atoms with van der Waals surface area (Å²) in [6.45, 7) is 0.611. The van der Waals surface area contributed by atoms with E-state index < -0.39 is 0 Å². The van der Waals surface area contributed by atoms with Gasteiger partial charge in [-0.2, -0.15) is 4.98 Å². The van der Waals surface area contributed by atoms with Crippen LogP contribution in [0.5, 0.6) is 0 Å². The zero-order chi connectivity index (χ0) is 12.9. The van der Waals surface area contributed by atoms with Crippen molar-refractivity contribution in [3.8, 4) is 0 Å². The number of hydrogen-bond donors (Lipinski definition) is 1. The molecule has 0 radical (unpaired) electrons. The Morgan fingerprint density at radius 2 is 1.89 bits per heavy atom. The van der Waals surface area contributed by atoms with Crippen LogP contribution in [-0.4, -0.2) is 16.7 Å². The van der Waals surface area contributed by atoms with Gasteiger partial charge in [0, 0.05) is 12.5 Å². The van der Waals surface area contributed by atoms with Crippen molar-refractivity contribution in [2.24, 2.45) is 5.73 Å². The van der Waals surface area contributed by atoms with E-state index >= 15 is 0 Å².